The first-order chi connectivity index (χ1) is 6.57. The smallest absolute Gasteiger partial charge is 0.0443 e. The maximum Gasteiger partial charge on any atom is 0.0443 e. The van der Waals surface area contributed by atoms with E-state index in [4.69, 9.17) is 11.6 Å². The summed E-state index contributed by atoms with van der Waals surface area (Å²) in [5.41, 5.74) is 2.73. The Morgan fingerprint density at radius 1 is 1.21 bits per heavy atom. The van der Waals surface area contributed by atoms with E-state index in [-0.39, 0.29) is 0 Å². The van der Waals surface area contributed by atoms with Crippen molar-refractivity contribution in [1.82, 2.24) is 0 Å². The highest BCUT2D eigenvalue weighted by Crippen LogP contribution is 2.33. The molecule has 1 atom stereocenters. The van der Waals surface area contributed by atoms with Gasteiger partial charge in [0.05, 0.1) is 0 Å². The highest BCUT2D eigenvalue weighted by atomic mass is 35.5. The van der Waals surface area contributed by atoms with Crippen molar-refractivity contribution in [3.05, 3.63) is 34.3 Å². The molecule has 0 aromatic heterocycles. The van der Waals surface area contributed by atoms with Crippen molar-refractivity contribution in [2.75, 3.05) is 0 Å². The summed E-state index contributed by atoms with van der Waals surface area (Å²) in [6.45, 7) is 8.89. The van der Waals surface area contributed by atoms with Crippen LogP contribution in [0.3, 0.4) is 0 Å². The molecule has 0 radical (unpaired) electrons. The molecule has 14 heavy (non-hydrogen) atoms. The molecule has 0 heterocycles. The Kier molecular flexibility index (Phi) is 4.00. The monoisotopic (exact) mass is 210 g/mol. The number of hydrogen-bond acceptors (Lipinski definition) is 0. The molecular weight excluding hydrogens is 192 g/mol. The van der Waals surface area contributed by atoms with E-state index >= 15 is 0 Å². The molecule has 0 nitrogen and oxygen atoms in total. The SMILES string of the molecule is CCC(C)c1c(Cl)cccc1C(C)C. The van der Waals surface area contributed by atoms with Crippen LogP contribution < -0.4 is 0 Å². The normalized spacial score (nSPS) is 13.3. The van der Waals surface area contributed by atoms with Gasteiger partial charge in [0.2, 0.25) is 0 Å². The second-order valence-corrected chi connectivity index (χ2v) is 4.61. The van der Waals surface area contributed by atoms with Crippen LogP contribution in [0.15, 0.2) is 18.2 Å². The van der Waals surface area contributed by atoms with Crippen LogP contribution in [-0.4, -0.2) is 0 Å². The van der Waals surface area contributed by atoms with Crippen molar-refractivity contribution in [2.45, 2.75) is 46.0 Å². The van der Waals surface area contributed by atoms with Gasteiger partial charge in [-0.15, -0.1) is 0 Å². The lowest BCUT2D eigenvalue weighted by molar-refractivity contribution is 0.708. The maximum absolute atomic E-state index is 6.25. The zero-order valence-electron chi connectivity index (χ0n) is 9.47. The molecule has 0 fully saturated rings. The molecule has 0 bridgehead atoms. The quantitative estimate of drug-likeness (QED) is 0.661. The largest absolute Gasteiger partial charge is 0.0840 e. The topological polar surface area (TPSA) is 0 Å². The van der Waals surface area contributed by atoms with Crippen LogP contribution in [0.5, 0.6) is 0 Å². The molecule has 0 aliphatic rings. The van der Waals surface area contributed by atoms with Gasteiger partial charge in [-0.05, 0) is 35.4 Å². The molecule has 0 saturated heterocycles. The molecule has 0 saturated carbocycles. The lowest BCUT2D eigenvalue weighted by Crippen LogP contribution is -2.01. The highest BCUT2D eigenvalue weighted by Gasteiger charge is 2.14. The number of halogens is 1. The molecule has 1 heteroatoms. The van der Waals surface area contributed by atoms with Gasteiger partial charge in [0.25, 0.3) is 0 Å². The second kappa shape index (κ2) is 4.84. The van der Waals surface area contributed by atoms with Gasteiger partial charge in [-0.2, -0.15) is 0 Å². The standard InChI is InChI=1S/C13H19Cl/c1-5-10(4)13-11(9(2)3)7-6-8-12(13)14/h6-10H,5H2,1-4H3. The summed E-state index contributed by atoms with van der Waals surface area (Å²) in [5, 5.41) is 0.922. The fourth-order valence-corrected chi connectivity index (χ4v) is 2.15. The van der Waals surface area contributed by atoms with Gasteiger partial charge in [-0.25, -0.2) is 0 Å². The molecular formula is C13H19Cl. The van der Waals surface area contributed by atoms with Crippen LogP contribution in [0, 0.1) is 0 Å². The molecule has 78 valence electrons. The summed E-state index contributed by atoms with van der Waals surface area (Å²) >= 11 is 6.25. The number of benzene rings is 1. The first-order valence-electron chi connectivity index (χ1n) is 5.36. The highest BCUT2D eigenvalue weighted by molar-refractivity contribution is 6.31. The summed E-state index contributed by atoms with van der Waals surface area (Å²) in [6.07, 6.45) is 1.14. The van der Waals surface area contributed by atoms with E-state index in [9.17, 15) is 0 Å². The molecule has 0 N–H and O–H groups in total. The minimum atomic E-state index is 0.553. The average Bonchev–Trinajstić information content (AvgIpc) is 2.16. The van der Waals surface area contributed by atoms with Crippen molar-refractivity contribution in [3.63, 3.8) is 0 Å². The van der Waals surface area contributed by atoms with E-state index in [1.807, 2.05) is 12.1 Å². The Morgan fingerprint density at radius 3 is 2.36 bits per heavy atom. The summed E-state index contributed by atoms with van der Waals surface area (Å²) in [4.78, 5) is 0. The Balaban J connectivity index is 3.22. The predicted octanol–water partition coefficient (Wildman–Crippen LogP) is 4.98. The van der Waals surface area contributed by atoms with Crippen LogP contribution in [0.2, 0.25) is 5.02 Å². The van der Waals surface area contributed by atoms with Crippen molar-refractivity contribution < 1.29 is 0 Å². The van der Waals surface area contributed by atoms with Crippen LogP contribution in [-0.2, 0) is 0 Å². The van der Waals surface area contributed by atoms with Crippen LogP contribution in [0.1, 0.15) is 57.1 Å². The minimum absolute atomic E-state index is 0.553. The van der Waals surface area contributed by atoms with Gasteiger partial charge in [0.1, 0.15) is 0 Å². The zero-order valence-corrected chi connectivity index (χ0v) is 10.2. The van der Waals surface area contributed by atoms with Gasteiger partial charge >= 0.3 is 0 Å². The van der Waals surface area contributed by atoms with Crippen molar-refractivity contribution in [2.24, 2.45) is 0 Å². The fraction of sp³-hybridized carbons (Fsp3) is 0.538. The molecule has 0 aliphatic carbocycles. The first-order valence-corrected chi connectivity index (χ1v) is 5.74. The molecule has 1 rings (SSSR count). The Hall–Kier alpha value is -0.490. The number of rotatable bonds is 3. The molecule has 1 aromatic rings. The van der Waals surface area contributed by atoms with Gasteiger partial charge < -0.3 is 0 Å². The molecule has 0 amide bonds. The van der Waals surface area contributed by atoms with E-state index in [1.54, 1.807) is 0 Å². The lowest BCUT2D eigenvalue weighted by Gasteiger charge is -2.19. The molecule has 0 spiro atoms. The van der Waals surface area contributed by atoms with E-state index in [2.05, 4.69) is 33.8 Å². The van der Waals surface area contributed by atoms with Crippen LogP contribution >= 0.6 is 11.6 Å². The van der Waals surface area contributed by atoms with E-state index in [0.29, 0.717) is 11.8 Å². The van der Waals surface area contributed by atoms with Gasteiger partial charge in [0, 0.05) is 5.02 Å². The summed E-state index contributed by atoms with van der Waals surface area (Å²) in [6, 6.07) is 6.23. The van der Waals surface area contributed by atoms with Gasteiger partial charge in [0.15, 0.2) is 0 Å². The molecule has 1 unspecified atom stereocenters. The minimum Gasteiger partial charge on any atom is -0.0840 e. The third-order valence-electron chi connectivity index (χ3n) is 2.81. The van der Waals surface area contributed by atoms with Crippen molar-refractivity contribution in [3.8, 4) is 0 Å². The van der Waals surface area contributed by atoms with E-state index in [0.717, 1.165) is 11.4 Å². The summed E-state index contributed by atoms with van der Waals surface area (Å²) < 4.78 is 0. The predicted molar refractivity (Wildman–Crippen MR) is 64.2 cm³/mol. The van der Waals surface area contributed by atoms with Crippen LogP contribution in [0.25, 0.3) is 0 Å². The van der Waals surface area contributed by atoms with Gasteiger partial charge in [-0.1, -0.05) is 51.4 Å². The molecule has 0 aliphatic heterocycles. The molecule has 1 aromatic carbocycles. The Morgan fingerprint density at radius 2 is 1.86 bits per heavy atom. The van der Waals surface area contributed by atoms with Gasteiger partial charge in [-0.3, -0.25) is 0 Å². The third-order valence-corrected chi connectivity index (χ3v) is 3.14. The Bertz CT molecular complexity index is 302. The van der Waals surface area contributed by atoms with Crippen molar-refractivity contribution >= 4 is 11.6 Å². The zero-order chi connectivity index (χ0) is 10.7. The first kappa shape index (κ1) is 11.6. The summed E-state index contributed by atoms with van der Waals surface area (Å²) in [5.74, 6) is 1.11. The lowest BCUT2D eigenvalue weighted by atomic mass is 9.88. The second-order valence-electron chi connectivity index (χ2n) is 4.21. The van der Waals surface area contributed by atoms with Crippen molar-refractivity contribution in [1.29, 1.82) is 0 Å². The number of hydrogen-bond donors (Lipinski definition) is 0. The van der Waals surface area contributed by atoms with Crippen LogP contribution in [0.4, 0.5) is 0 Å². The summed E-state index contributed by atoms with van der Waals surface area (Å²) in [7, 11) is 0. The maximum atomic E-state index is 6.25. The fourth-order valence-electron chi connectivity index (χ4n) is 1.78. The van der Waals surface area contributed by atoms with E-state index < -0.39 is 0 Å². The van der Waals surface area contributed by atoms with E-state index in [1.165, 1.54) is 11.1 Å². The third kappa shape index (κ3) is 2.30. The average molecular weight is 211 g/mol. The Labute approximate surface area is 92.3 Å².